The van der Waals surface area contributed by atoms with E-state index >= 15 is 0 Å². The third-order valence-corrected chi connectivity index (χ3v) is 3.32. The normalized spacial score (nSPS) is 10.1. The molecule has 0 aliphatic heterocycles. The summed E-state index contributed by atoms with van der Waals surface area (Å²) in [6.45, 7) is 5.90. The van der Waals surface area contributed by atoms with Gasteiger partial charge in [-0.2, -0.15) is 11.8 Å². The quantitative estimate of drug-likeness (QED) is 0.468. The molecule has 0 fully saturated rings. The molecule has 16 heavy (non-hydrogen) atoms. The number of Topliss-reactive ketones (excluding diaryl/α,β-unsaturated/α-hetero) is 1. The van der Waals surface area contributed by atoms with Gasteiger partial charge in [-0.05, 0) is 36.4 Å². The standard InChI is InChI=1S/C13H16O2S/c1-3-8-16-9-10(2)13(15)11-4-6-12(14)7-5-11/h4-7,14H,2-3,8-9H2,1H3. The van der Waals surface area contributed by atoms with Gasteiger partial charge in [0.2, 0.25) is 0 Å². The molecule has 0 aliphatic rings. The molecule has 0 aromatic heterocycles. The monoisotopic (exact) mass is 236 g/mol. The van der Waals surface area contributed by atoms with Crippen LogP contribution in [0.15, 0.2) is 36.4 Å². The van der Waals surface area contributed by atoms with E-state index in [1.807, 2.05) is 0 Å². The zero-order chi connectivity index (χ0) is 12.0. The largest absolute Gasteiger partial charge is 0.508 e. The van der Waals surface area contributed by atoms with E-state index in [2.05, 4.69) is 13.5 Å². The van der Waals surface area contributed by atoms with Crippen LogP contribution in [-0.4, -0.2) is 22.4 Å². The second-order valence-corrected chi connectivity index (χ2v) is 4.64. The van der Waals surface area contributed by atoms with Crippen LogP contribution in [0.4, 0.5) is 0 Å². The van der Waals surface area contributed by atoms with Crippen molar-refractivity contribution in [2.24, 2.45) is 0 Å². The molecule has 0 bridgehead atoms. The van der Waals surface area contributed by atoms with Gasteiger partial charge in [-0.3, -0.25) is 4.79 Å². The van der Waals surface area contributed by atoms with E-state index in [4.69, 9.17) is 5.11 Å². The van der Waals surface area contributed by atoms with Crippen molar-refractivity contribution in [3.05, 3.63) is 42.0 Å². The number of hydrogen-bond acceptors (Lipinski definition) is 3. The van der Waals surface area contributed by atoms with E-state index in [-0.39, 0.29) is 11.5 Å². The van der Waals surface area contributed by atoms with E-state index in [1.165, 1.54) is 12.1 Å². The Morgan fingerprint density at radius 1 is 1.38 bits per heavy atom. The van der Waals surface area contributed by atoms with Crippen LogP contribution in [0.2, 0.25) is 0 Å². The highest BCUT2D eigenvalue weighted by molar-refractivity contribution is 7.99. The maximum absolute atomic E-state index is 11.9. The number of aromatic hydroxyl groups is 1. The van der Waals surface area contributed by atoms with Gasteiger partial charge < -0.3 is 5.11 Å². The number of ketones is 1. The molecule has 0 amide bonds. The van der Waals surface area contributed by atoms with Gasteiger partial charge in [0.05, 0.1) is 0 Å². The van der Waals surface area contributed by atoms with Gasteiger partial charge in [0.15, 0.2) is 5.78 Å². The van der Waals surface area contributed by atoms with E-state index in [0.717, 1.165) is 12.2 Å². The molecule has 0 radical (unpaired) electrons. The summed E-state index contributed by atoms with van der Waals surface area (Å²) >= 11 is 1.72. The van der Waals surface area contributed by atoms with Gasteiger partial charge >= 0.3 is 0 Å². The van der Waals surface area contributed by atoms with E-state index < -0.39 is 0 Å². The molecule has 1 aromatic carbocycles. The minimum absolute atomic E-state index is 0.0383. The van der Waals surface area contributed by atoms with E-state index in [1.54, 1.807) is 23.9 Å². The van der Waals surface area contributed by atoms with E-state index in [0.29, 0.717) is 16.9 Å². The molecule has 0 saturated heterocycles. The van der Waals surface area contributed by atoms with Crippen molar-refractivity contribution < 1.29 is 9.90 Å². The Hall–Kier alpha value is -1.22. The number of hydrogen-bond donors (Lipinski definition) is 1. The molecule has 0 atom stereocenters. The van der Waals surface area contributed by atoms with Crippen LogP contribution >= 0.6 is 11.8 Å². The highest BCUT2D eigenvalue weighted by Crippen LogP contribution is 2.15. The Kier molecular flexibility index (Phi) is 5.12. The van der Waals surface area contributed by atoms with Gasteiger partial charge in [0.1, 0.15) is 5.75 Å². The maximum atomic E-state index is 11.9. The average Bonchev–Trinajstić information content (AvgIpc) is 2.29. The molecule has 1 rings (SSSR count). The van der Waals surface area contributed by atoms with Crippen molar-refractivity contribution >= 4 is 17.5 Å². The van der Waals surface area contributed by atoms with Crippen molar-refractivity contribution in [3.63, 3.8) is 0 Å². The number of thioether (sulfide) groups is 1. The van der Waals surface area contributed by atoms with Crippen LogP contribution in [0.3, 0.4) is 0 Å². The minimum atomic E-state index is -0.0383. The van der Waals surface area contributed by atoms with Crippen LogP contribution in [-0.2, 0) is 0 Å². The second-order valence-electron chi connectivity index (χ2n) is 3.53. The number of carbonyl (C=O) groups excluding carboxylic acids is 1. The minimum Gasteiger partial charge on any atom is -0.508 e. The summed E-state index contributed by atoms with van der Waals surface area (Å²) in [6, 6.07) is 6.26. The lowest BCUT2D eigenvalue weighted by molar-refractivity contribution is 0.103. The Labute approximate surface area is 100 Å². The average molecular weight is 236 g/mol. The maximum Gasteiger partial charge on any atom is 0.189 e. The van der Waals surface area contributed by atoms with Crippen molar-refractivity contribution in [3.8, 4) is 5.75 Å². The molecule has 0 unspecified atom stereocenters. The highest BCUT2D eigenvalue weighted by atomic mass is 32.2. The fourth-order valence-electron chi connectivity index (χ4n) is 1.22. The SMILES string of the molecule is C=C(CSCCC)C(=O)c1ccc(O)cc1. The first kappa shape index (κ1) is 12.8. The highest BCUT2D eigenvalue weighted by Gasteiger charge is 2.09. The fourth-order valence-corrected chi connectivity index (χ4v) is 2.03. The van der Waals surface area contributed by atoms with Crippen LogP contribution in [0.25, 0.3) is 0 Å². The Morgan fingerprint density at radius 2 is 2.00 bits per heavy atom. The summed E-state index contributed by atoms with van der Waals surface area (Å²) in [5.74, 6) is 1.85. The zero-order valence-corrected chi connectivity index (χ0v) is 10.2. The first-order valence-electron chi connectivity index (χ1n) is 5.24. The molecule has 0 aliphatic carbocycles. The fraction of sp³-hybridized carbons (Fsp3) is 0.308. The topological polar surface area (TPSA) is 37.3 Å². The summed E-state index contributed by atoms with van der Waals surface area (Å²) in [5.41, 5.74) is 1.20. The zero-order valence-electron chi connectivity index (χ0n) is 9.40. The number of benzene rings is 1. The molecule has 2 nitrogen and oxygen atoms in total. The van der Waals surface area contributed by atoms with Crippen molar-refractivity contribution in [1.29, 1.82) is 0 Å². The predicted molar refractivity (Wildman–Crippen MR) is 69.2 cm³/mol. The molecule has 0 spiro atoms. The molecular weight excluding hydrogens is 220 g/mol. The summed E-state index contributed by atoms with van der Waals surface area (Å²) in [5, 5.41) is 9.11. The van der Waals surface area contributed by atoms with Crippen molar-refractivity contribution in [2.75, 3.05) is 11.5 Å². The lowest BCUT2D eigenvalue weighted by atomic mass is 10.1. The first-order valence-corrected chi connectivity index (χ1v) is 6.40. The van der Waals surface area contributed by atoms with Gasteiger partial charge in [0, 0.05) is 16.9 Å². The van der Waals surface area contributed by atoms with Gasteiger partial charge in [0.25, 0.3) is 0 Å². The molecule has 0 heterocycles. The summed E-state index contributed by atoms with van der Waals surface area (Å²) in [6.07, 6.45) is 1.10. The lowest BCUT2D eigenvalue weighted by Crippen LogP contribution is -2.04. The van der Waals surface area contributed by atoms with Crippen LogP contribution in [0, 0.1) is 0 Å². The van der Waals surface area contributed by atoms with Gasteiger partial charge in [-0.15, -0.1) is 0 Å². The Balaban J connectivity index is 2.57. The third-order valence-electron chi connectivity index (χ3n) is 2.08. The van der Waals surface area contributed by atoms with Gasteiger partial charge in [-0.25, -0.2) is 0 Å². The van der Waals surface area contributed by atoms with E-state index in [9.17, 15) is 4.79 Å². The molecule has 1 N–H and O–H groups in total. The number of phenols is 1. The first-order chi connectivity index (χ1) is 7.65. The van der Waals surface area contributed by atoms with Crippen LogP contribution < -0.4 is 0 Å². The smallest absolute Gasteiger partial charge is 0.189 e. The van der Waals surface area contributed by atoms with Crippen LogP contribution in [0.5, 0.6) is 5.75 Å². The van der Waals surface area contributed by atoms with Crippen LogP contribution in [0.1, 0.15) is 23.7 Å². The Morgan fingerprint density at radius 3 is 2.56 bits per heavy atom. The van der Waals surface area contributed by atoms with Gasteiger partial charge in [-0.1, -0.05) is 13.5 Å². The number of rotatable bonds is 6. The second kappa shape index (κ2) is 6.38. The number of carbonyl (C=O) groups is 1. The van der Waals surface area contributed by atoms with Crippen molar-refractivity contribution in [1.82, 2.24) is 0 Å². The molecular formula is C13H16O2S. The van der Waals surface area contributed by atoms with Crippen molar-refractivity contribution in [2.45, 2.75) is 13.3 Å². The Bertz CT molecular complexity index is 368. The summed E-state index contributed by atoms with van der Waals surface area (Å²) in [7, 11) is 0. The predicted octanol–water partition coefficient (Wildman–Crippen LogP) is 3.27. The lowest BCUT2D eigenvalue weighted by Gasteiger charge is -2.04. The molecule has 1 aromatic rings. The molecule has 3 heteroatoms. The summed E-state index contributed by atoms with van der Waals surface area (Å²) in [4.78, 5) is 11.9. The molecule has 86 valence electrons. The summed E-state index contributed by atoms with van der Waals surface area (Å²) < 4.78 is 0. The molecule has 0 saturated carbocycles. The number of phenolic OH excluding ortho intramolecular Hbond substituents is 1. The third kappa shape index (κ3) is 3.74.